The maximum absolute atomic E-state index is 13.7. The van der Waals surface area contributed by atoms with Gasteiger partial charge in [0.1, 0.15) is 18.0 Å². The number of benzene rings is 1. The zero-order valence-electron chi connectivity index (χ0n) is 10.6. The molecule has 1 unspecified atom stereocenters. The monoisotopic (exact) mass is 283 g/mol. The van der Waals surface area contributed by atoms with Crippen LogP contribution in [-0.2, 0) is 13.0 Å². The Balaban J connectivity index is 2.21. The lowest BCUT2D eigenvalue weighted by Gasteiger charge is -2.13. The fraction of sp³-hybridized carbons (Fsp3) is 0.385. The van der Waals surface area contributed by atoms with Crippen LogP contribution in [0.1, 0.15) is 30.8 Å². The van der Waals surface area contributed by atoms with Gasteiger partial charge in [-0.05, 0) is 18.6 Å². The summed E-state index contributed by atoms with van der Waals surface area (Å²) in [6.45, 7) is 2.74. The van der Waals surface area contributed by atoms with Gasteiger partial charge >= 0.3 is 0 Å². The van der Waals surface area contributed by atoms with Crippen LogP contribution < -0.4 is 0 Å². The summed E-state index contributed by atoms with van der Waals surface area (Å²) >= 11 is 5.92. The van der Waals surface area contributed by atoms with Crippen molar-refractivity contribution in [2.45, 2.75) is 32.4 Å². The molecule has 0 spiro atoms. The van der Waals surface area contributed by atoms with E-state index in [0.717, 1.165) is 6.42 Å². The van der Waals surface area contributed by atoms with E-state index >= 15 is 0 Å². The van der Waals surface area contributed by atoms with Gasteiger partial charge in [-0.25, -0.2) is 9.37 Å². The van der Waals surface area contributed by atoms with Crippen molar-refractivity contribution in [1.82, 2.24) is 14.8 Å². The highest BCUT2D eigenvalue weighted by Crippen LogP contribution is 2.27. The van der Waals surface area contributed by atoms with Gasteiger partial charge in [-0.3, -0.25) is 4.68 Å². The first-order valence-corrected chi connectivity index (χ1v) is 6.50. The summed E-state index contributed by atoms with van der Waals surface area (Å²) in [5, 5.41) is 14.4. The fourth-order valence-corrected chi connectivity index (χ4v) is 2.24. The molecule has 0 fully saturated rings. The third-order valence-electron chi connectivity index (χ3n) is 2.84. The minimum Gasteiger partial charge on any atom is -0.388 e. The van der Waals surface area contributed by atoms with Crippen molar-refractivity contribution in [2.75, 3.05) is 0 Å². The minimum atomic E-state index is -1.03. The molecule has 1 aromatic heterocycles. The van der Waals surface area contributed by atoms with Gasteiger partial charge in [0.05, 0.1) is 6.10 Å². The second-order valence-corrected chi connectivity index (χ2v) is 4.66. The van der Waals surface area contributed by atoms with E-state index in [9.17, 15) is 9.50 Å². The molecule has 19 heavy (non-hydrogen) atoms. The molecule has 1 N–H and O–H groups in total. The zero-order chi connectivity index (χ0) is 13.8. The van der Waals surface area contributed by atoms with Gasteiger partial charge < -0.3 is 5.11 Å². The van der Waals surface area contributed by atoms with Crippen molar-refractivity contribution in [1.29, 1.82) is 0 Å². The van der Waals surface area contributed by atoms with E-state index in [-0.39, 0.29) is 17.0 Å². The number of hydrogen-bond acceptors (Lipinski definition) is 3. The molecule has 0 aliphatic carbocycles. The number of aliphatic hydroxyl groups excluding tert-OH is 1. The summed E-state index contributed by atoms with van der Waals surface area (Å²) in [5.74, 6) is 0.107. The van der Waals surface area contributed by atoms with E-state index in [4.69, 9.17) is 11.6 Å². The smallest absolute Gasteiger partial charge is 0.138 e. The average molecular weight is 284 g/mol. The third-order valence-corrected chi connectivity index (χ3v) is 3.17. The molecule has 1 atom stereocenters. The van der Waals surface area contributed by atoms with Crippen molar-refractivity contribution < 1.29 is 9.50 Å². The number of aliphatic hydroxyl groups is 1. The van der Waals surface area contributed by atoms with Gasteiger partial charge in [-0.2, -0.15) is 5.10 Å². The third kappa shape index (κ3) is 3.11. The Bertz CT molecular complexity index is 538. The van der Waals surface area contributed by atoms with E-state index in [1.807, 2.05) is 6.92 Å². The second-order valence-electron chi connectivity index (χ2n) is 4.25. The zero-order valence-corrected chi connectivity index (χ0v) is 11.3. The van der Waals surface area contributed by atoms with Crippen LogP contribution in [0.25, 0.3) is 0 Å². The van der Waals surface area contributed by atoms with Crippen LogP contribution >= 0.6 is 11.6 Å². The summed E-state index contributed by atoms with van der Waals surface area (Å²) in [7, 11) is 0. The average Bonchev–Trinajstić information content (AvgIpc) is 2.77. The first-order valence-electron chi connectivity index (χ1n) is 6.12. The van der Waals surface area contributed by atoms with Crippen LogP contribution in [0.5, 0.6) is 0 Å². The highest BCUT2D eigenvalue weighted by molar-refractivity contribution is 6.31. The lowest BCUT2D eigenvalue weighted by Crippen LogP contribution is -2.11. The van der Waals surface area contributed by atoms with E-state index in [1.165, 1.54) is 18.5 Å². The number of nitrogens with zero attached hydrogens (tertiary/aromatic N) is 3. The molecule has 1 heterocycles. The fourth-order valence-electron chi connectivity index (χ4n) is 1.95. The van der Waals surface area contributed by atoms with Crippen molar-refractivity contribution in [3.05, 3.63) is 46.8 Å². The molecular weight excluding hydrogens is 269 g/mol. The normalized spacial score (nSPS) is 12.6. The number of halogens is 2. The second kappa shape index (κ2) is 6.12. The molecule has 0 saturated carbocycles. The van der Waals surface area contributed by atoms with Gasteiger partial charge in [0.25, 0.3) is 0 Å². The van der Waals surface area contributed by atoms with Gasteiger partial charge in [-0.15, -0.1) is 0 Å². The van der Waals surface area contributed by atoms with Crippen molar-refractivity contribution in [3.63, 3.8) is 0 Å². The molecule has 2 rings (SSSR count). The molecule has 0 radical (unpaired) electrons. The van der Waals surface area contributed by atoms with Crippen molar-refractivity contribution in [2.24, 2.45) is 0 Å². The summed E-state index contributed by atoms with van der Waals surface area (Å²) < 4.78 is 15.4. The number of aromatic nitrogens is 3. The number of rotatable bonds is 5. The topological polar surface area (TPSA) is 50.9 Å². The molecule has 4 nitrogen and oxygen atoms in total. The Hall–Kier alpha value is -1.46. The SMILES string of the molecule is CCCn1ncnc1CC(O)c1c(F)cccc1Cl. The maximum atomic E-state index is 13.7. The Morgan fingerprint density at radius 2 is 2.26 bits per heavy atom. The summed E-state index contributed by atoms with van der Waals surface area (Å²) in [6.07, 6.45) is 1.49. The molecular formula is C13H15ClFN3O. The summed E-state index contributed by atoms with van der Waals surface area (Å²) in [5.41, 5.74) is 0.107. The Morgan fingerprint density at radius 3 is 2.95 bits per heavy atom. The maximum Gasteiger partial charge on any atom is 0.138 e. The Labute approximate surface area is 115 Å². The van der Waals surface area contributed by atoms with Gasteiger partial charge in [0.2, 0.25) is 0 Å². The summed E-state index contributed by atoms with van der Waals surface area (Å²) in [6, 6.07) is 4.34. The van der Waals surface area contributed by atoms with Gasteiger partial charge in [0, 0.05) is 23.6 Å². The largest absolute Gasteiger partial charge is 0.388 e. The molecule has 0 aliphatic rings. The van der Waals surface area contributed by atoms with Crippen LogP contribution in [0, 0.1) is 5.82 Å². The quantitative estimate of drug-likeness (QED) is 0.918. The van der Waals surface area contributed by atoms with Crippen LogP contribution in [0.15, 0.2) is 24.5 Å². The number of hydrogen-bond donors (Lipinski definition) is 1. The van der Waals surface area contributed by atoms with E-state index in [1.54, 1.807) is 10.7 Å². The van der Waals surface area contributed by atoms with Gasteiger partial charge in [-0.1, -0.05) is 24.6 Å². The predicted octanol–water partition coefficient (Wildman–Crippen LogP) is 2.76. The predicted molar refractivity (Wildman–Crippen MR) is 70.4 cm³/mol. The van der Waals surface area contributed by atoms with Gasteiger partial charge in [0.15, 0.2) is 0 Å². The molecule has 6 heteroatoms. The van der Waals surface area contributed by atoms with E-state index < -0.39 is 11.9 Å². The van der Waals surface area contributed by atoms with E-state index in [2.05, 4.69) is 10.1 Å². The molecule has 2 aromatic rings. The van der Waals surface area contributed by atoms with Crippen molar-refractivity contribution in [3.8, 4) is 0 Å². The van der Waals surface area contributed by atoms with Crippen LogP contribution in [0.3, 0.4) is 0 Å². The van der Waals surface area contributed by atoms with E-state index in [0.29, 0.717) is 12.4 Å². The highest BCUT2D eigenvalue weighted by atomic mass is 35.5. The molecule has 102 valence electrons. The molecule has 1 aromatic carbocycles. The van der Waals surface area contributed by atoms with Crippen LogP contribution in [-0.4, -0.2) is 19.9 Å². The van der Waals surface area contributed by atoms with Crippen LogP contribution in [0.4, 0.5) is 4.39 Å². The molecule has 0 bridgehead atoms. The lowest BCUT2D eigenvalue weighted by atomic mass is 10.1. The standard InChI is InChI=1S/C13H15ClFN3O/c1-2-6-18-12(16-8-17-18)7-11(19)13-9(14)4-3-5-10(13)15/h3-5,8,11,19H,2,6-7H2,1H3. The molecule has 0 saturated heterocycles. The highest BCUT2D eigenvalue weighted by Gasteiger charge is 2.19. The Morgan fingerprint density at radius 1 is 1.47 bits per heavy atom. The lowest BCUT2D eigenvalue weighted by molar-refractivity contribution is 0.169. The van der Waals surface area contributed by atoms with Crippen LogP contribution in [0.2, 0.25) is 5.02 Å². The molecule has 0 aliphatic heterocycles. The summed E-state index contributed by atoms with van der Waals surface area (Å²) in [4.78, 5) is 4.09. The Kier molecular flexibility index (Phi) is 4.50. The first kappa shape index (κ1) is 14.0. The molecule has 0 amide bonds. The minimum absolute atomic E-state index is 0.107. The van der Waals surface area contributed by atoms with Crippen molar-refractivity contribution >= 4 is 11.6 Å². The number of aryl methyl sites for hydroxylation is 1. The first-order chi connectivity index (χ1) is 9.13.